The minimum absolute atomic E-state index is 0.132. The summed E-state index contributed by atoms with van der Waals surface area (Å²) in [6.45, 7) is 10.6. The highest BCUT2D eigenvalue weighted by atomic mass is 16.2. The molecular weight excluding hydrogens is 284 g/mol. The van der Waals surface area contributed by atoms with Crippen molar-refractivity contribution < 1.29 is 4.79 Å². The Morgan fingerprint density at radius 2 is 1.65 bits per heavy atom. The van der Waals surface area contributed by atoms with Crippen molar-refractivity contribution in [2.45, 2.75) is 40.0 Å². The molecule has 0 atom stereocenters. The van der Waals surface area contributed by atoms with E-state index in [0.29, 0.717) is 5.56 Å². The van der Waals surface area contributed by atoms with E-state index in [9.17, 15) is 4.79 Å². The third kappa shape index (κ3) is 4.52. The molecule has 0 bridgehead atoms. The van der Waals surface area contributed by atoms with Gasteiger partial charge in [0, 0.05) is 5.56 Å². The molecule has 120 valence electrons. The van der Waals surface area contributed by atoms with Crippen LogP contribution in [-0.2, 0) is 5.41 Å². The van der Waals surface area contributed by atoms with Crippen LogP contribution in [-0.4, -0.2) is 12.1 Å². The molecule has 0 aliphatic rings. The van der Waals surface area contributed by atoms with Gasteiger partial charge in [0.15, 0.2) is 0 Å². The molecule has 2 rings (SSSR count). The van der Waals surface area contributed by atoms with Gasteiger partial charge in [0.25, 0.3) is 5.91 Å². The van der Waals surface area contributed by atoms with Crippen LogP contribution in [0.5, 0.6) is 0 Å². The van der Waals surface area contributed by atoms with Gasteiger partial charge in [-0.1, -0.05) is 51.1 Å². The van der Waals surface area contributed by atoms with Crippen LogP contribution < -0.4 is 5.43 Å². The highest BCUT2D eigenvalue weighted by Crippen LogP contribution is 2.21. The first-order chi connectivity index (χ1) is 10.8. The van der Waals surface area contributed by atoms with Crippen molar-refractivity contribution in [3.05, 3.63) is 70.3 Å². The second kappa shape index (κ2) is 6.78. The van der Waals surface area contributed by atoms with Crippen molar-refractivity contribution >= 4 is 12.1 Å². The minimum atomic E-state index is -0.198. The minimum Gasteiger partial charge on any atom is -0.267 e. The number of nitrogens with zero attached hydrogens (tertiary/aromatic N) is 1. The largest absolute Gasteiger partial charge is 0.271 e. The van der Waals surface area contributed by atoms with Gasteiger partial charge >= 0.3 is 0 Å². The maximum Gasteiger partial charge on any atom is 0.271 e. The summed E-state index contributed by atoms with van der Waals surface area (Å²) in [6, 6.07) is 13.8. The lowest BCUT2D eigenvalue weighted by atomic mass is 9.87. The lowest BCUT2D eigenvalue weighted by molar-refractivity contribution is 0.0955. The summed E-state index contributed by atoms with van der Waals surface area (Å²) in [6.07, 6.45) is 1.66. The predicted molar refractivity (Wildman–Crippen MR) is 96.1 cm³/mol. The number of hydrogen-bond donors (Lipinski definition) is 1. The van der Waals surface area contributed by atoms with Crippen molar-refractivity contribution in [2.75, 3.05) is 0 Å². The second-order valence-electron chi connectivity index (χ2n) is 6.87. The summed E-state index contributed by atoms with van der Waals surface area (Å²) in [7, 11) is 0. The standard InChI is InChI=1S/C20H24N2O/c1-14-6-9-17(12-15(14)2)19(23)22-21-13-16-7-10-18(11-8-16)20(3,4)5/h6-13H,1-5H3,(H,22,23). The van der Waals surface area contributed by atoms with Crippen LogP contribution in [0.1, 0.15) is 53.4 Å². The quantitative estimate of drug-likeness (QED) is 0.664. The zero-order valence-corrected chi connectivity index (χ0v) is 14.5. The number of carbonyl (C=O) groups excluding carboxylic acids is 1. The molecule has 1 amide bonds. The van der Waals surface area contributed by atoms with Crippen LogP contribution in [0.15, 0.2) is 47.6 Å². The van der Waals surface area contributed by atoms with Crippen molar-refractivity contribution in [2.24, 2.45) is 5.10 Å². The molecule has 0 saturated carbocycles. The van der Waals surface area contributed by atoms with Crippen molar-refractivity contribution in [3.8, 4) is 0 Å². The SMILES string of the molecule is Cc1ccc(C(=O)NN=Cc2ccc(C(C)(C)C)cc2)cc1C. The molecule has 0 radical (unpaired) electrons. The summed E-state index contributed by atoms with van der Waals surface area (Å²) in [5.74, 6) is -0.198. The van der Waals surface area contributed by atoms with Crippen molar-refractivity contribution in [1.82, 2.24) is 5.43 Å². The first-order valence-electron chi connectivity index (χ1n) is 7.78. The number of hydrazone groups is 1. The van der Waals surface area contributed by atoms with Gasteiger partial charge in [0.2, 0.25) is 0 Å². The summed E-state index contributed by atoms with van der Waals surface area (Å²) in [5.41, 5.74) is 7.82. The zero-order chi connectivity index (χ0) is 17.0. The zero-order valence-electron chi connectivity index (χ0n) is 14.5. The summed E-state index contributed by atoms with van der Waals surface area (Å²) in [4.78, 5) is 12.1. The Morgan fingerprint density at radius 3 is 2.22 bits per heavy atom. The lowest BCUT2D eigenvalue weighted by Gasteiger charge is -2.18. The summed E-state index contributed by atoms with van der Waals surface area (Å²) >= 11 is 0. The van der Waals surface area contributed by atoms with E-state index in [0.717, 1.165) is 11.1 Å². The molecule has 1 N–H and O–H groups in total. The summed E-state index contributed by atoms with van der Waals surface area (Å²) in [5, 5.41) is 4.04. The Hall–Kier alpha value is -2.42. The Morgan fingerprint density at radius 1 is 1.00 bits per heavy atom. The van der Waals surface area contributed by atoms with E-state index in [1.807, 2.05) is 44.2 Å². The lowest BCUT2D eigenvalue weighted by Crippen LogP contribution is -2.17. The first-order valence-corrected chi connectivity index (χ1v) is 7.78. The molecular formula is C20H24N2O. The van der Waals surface area contributed by atoms with E-state index < -0.39 is 0 Å². The Labute approximate surface area is 138 Å². The number of benzene rings is 2. The van der Waals surface area contributed by atoms with Gasteiger partial charge in [0.1, 0.15) is 0 Å². The third-order valence-electron chi connectivity index (χ3n) is 3.93. The van der Waals surface area contributed by atoms with Gasteiger partial charge in [-0.05, 0) is 53.6 Å². The van der Waals surface area contributed by atoms with Crippen LogP contribution in [0.4, 0.5) is 0 Å². The molecule has 0 saturated heterocycles. The maximum atomic E-state index is 12.1. The van der Waals surface area contributed by atoms with Gasteiger partial charge in [-0.15, -0.1) is 0 Å². The molecule has 0 unspecified atom stereocenters. The normalized spacial score (nSPS) is 11.7. The smallest absolute Gasteiger partial charge is 0.267 e. The van der Waals surface area contributed by atoms with Crippen LogP contribution in [0.3, 0.4) is 0 Å². The van der Waals surface area contributed by atoms with Crippen LogP contribution in [0.2, 0.25) is 0 Å². The van der Waals surface area contributed by atoms with E-state index in [1.165, 1.54) is 11.1 Å². The van der Waals surface area contributed by atoms with E-state index in [4.69, 9.17) is 0 Å². The molecule has 0 heterocycles. The maximum absolute atomic E-state index is 12.1. The van der Waals surface area contributed by atoms with E-state index in [2.05, 4.69) is 43.4 Å². The predicted octanol–water partition coefficient (Wildman–Crippen LogP) is 4.36. The molecule has 2 aromatic carbocycles. The van der Waals surface area contributed by atoms with Gasteiger partial charge in [-0.2, -0.15) is 5.10 Å². The molecule has 2 aromatic rings. The average Bonchev–Trinajstić information content (AvgIpc) is 2.49. The fourth-order valence-electron chi connectivity index (χ4n) is 2.18. The van der Waals surface area contributed by atoms with Gasteiger partial charge in [-0.25, -0.2) is 5.43 Å². The highest BCUT2D eigenvalue weighted by Gasteiger charge is 2.12. The summed E-state index contributed by atoms with van der Waals surface area (Å²) < 4.78 is 0. The third-order valence-corrected chi connectivity index (χ3v) is 3.93. The fraction of sp³-hybridized carbons (Fsp3) is 0.300. The van der Waals surface area contributed by atoms with Crippen LogP contribution in [0, 0.1) is 13.8 Å². The number of carbonyl (C=O) groups is 1. The topological polar surface area (TPSA) is 41.5 Å². The second-order valence-corrected chi connectivity index (χ2v) is 6.87. The van der Waals surface area contributed by atoms with Crippen LogP contribution in [0.25, 0.3) is 0 Å². The molecule has 0 aliphatic heterocycles. The number of aryl methyl sites for hydroxylation is 2. The molecule has 0 aliphatic carbocycles. The van der Waals surface area contributed by atoms with Gasteiger partial charge in [0.05, 0.1) is 6.21 Å². The molecule has 3 heteroatoms. The van der Waals surface area contributed by atoms with E-state index in [1.54, 1.807) is 6.21 Å². The Bertz CT molecular complexity index is 722. The molecule has 0 spiro atoms. The fourth-order valence-corrected chi connectivity index (χ4v) is 2.18. The van der Waals surface area contributed by atoms with E-state index >= 15 is 0 Å². The monoisotopic (exact) mass is 308 g/mol. The molecule has 0 aromatic heterocycles. The van der Waals surface area contributed by atoms with Gasteiger partial charge < -0.3 is 0 Å². The van der Waals surface area contributed by atoms with Crippen molar-refractivity contribution in [1.29, 1.82) is 0 Å². The molecule has 0 fully saturated rings. The van der Waals surface area contributed by atoms with Crippen molar-refractivity contribution in [3.63, 3.8) is 0 Å². The van der Waals surface area contributed by atoms with Gasteiger partial charge in [-0.3, -0.25) is 4.79 Å². The van der Waals surface area contributed by atoms with Crippen LogP contribution >= 0.6 is 0 Å². The first kappa shape index (κ1) is 16.9. The number of hydrogen-bond acceptors (Lipinski definition) is 2. The number of rotatable bonds is 3. The Kier molecular flexibility index (Phi) is 4.99. The Balaban J connectivity index is 2.01. The number of nitrogens with one attached hydrogen (secondary N) is 1. The molecule has 23 heavy (non-hydrogen) atoms. The average molecular weight is 308 g/mol. The highest BCUT2D eigenvalue weighted by molar-refractivity contribution is 5.95. The molecule has 3 nitrogen and oxygen atoms in total. The van der Waals surface area contributed by atoms with E-state index in [-0.39, 0.29) is 11.3 Å². The number of amides is 1.